The number of methoxy groups -OCH3 is 1. The maximum atomic E-state index is 13.5. The topological polar surface area (TPSA) is 104 Å². The molecule has 2 bridgehead atoms. The number of hydrogen-bond donors (Lipinski definition) is 0. The molecular formula is C34H41N5O6. The second kappa shape index (κ2) is 14.1. The first-order chi connectivity index (χ1) is 22.0. The third-order valence-corrected chi connectivity index (χ3v) is 8.18. The van der Waals surface area contributed by atoms with Gasteiger partial charge in [-0.25, -0.2) is 9.97 Å². The SMILES string of the molecule is COc1cc2c(cc1CN1CCCCN(C(=O)c3oc(C)nc3C)CCCOc3cccc(c3)-c3nccn3CC1)OCCO2. The van der Waals surface area contributed by atoms with E-state index in [-0.39, 0.29) is 5.91 Å². The van der Waals surface area contributed by atoms with Gasteiger partial charge in [-0.3, -0.25) is 9.69 Å². The Morgan fingerprint density at radius 1 is 0.911 bits per heavy atom. The average molecular weight is 616 g/mol. The second-order valence-electron chi connectivity index (χ2n) is 11.4. The van der Waals surface area contributed by atoms with Crippen LogP contribution in [0.3, 0.4) is 0 Å². The first-order valence-corrected chi connectivity index (χ1v) is 15.6. The molecular weight excluding hydrogens is 574 g/mol. The highest BCUT2D eigenvalue weighted by Crippen LogP contribution is 2.37. The Balaban J connectivity index is 1.25. The molecule has 0 spiro atoms. The number of benzene rings is 2. The number of carbonyl (C=O) groups is 1. The fourth-order valence-electron chi connectivity index (χ4n) is 5.93. The monoisotopic (exact) mass is 615 g/mol. The van der Waals surface area contributed by atoms with Gasteiger partial charge in [0.15, 0.2) is 17.4 Å². The van der Waals surface area contributed by atoms with Gasteiger partial charge in [-0.1, -0.05) is 12.1 Å². The highest BCUT2D eigenvalue weighted by Gasteiger charge is 2.23. The first kappa shape index (κ1) is 30.5. The van der Waals surface area contributed by atoms with Crippen molar-refractivity contribution in [2.45, 2.75) is 46.2 Å². The number of hydrogen-bond acceptors (Lipinski definition) is 9. The quantitative estimate of drug-likeness (QED) is 0.309. The largest absolute Gasteiger partial charge is 0.496 e. The van der Waals surface area contributed by atoms with E-state index in [1.807, 2.05) is 54.5 Å². The van der Waals surface area contributed by atoms with Crippen molar-refractivity contribution >= 4 is 5.91 Å². The van der Waals surface area contributed by atoms with Crippen LogP contribution in [0.5, 0.6) is 23.0 Å². The Labute approximate surface area is 263 Å². The Morgan fingerprint density at radius 3 is 2.51 bits per heavy atom. The molecule has 238 valence electrons. The highest BCUT2D eigenvalue weighted by atomic mass is 16.6. The summed E-state index contributed by atoms with van der Waals surface area (Å²) in [5.41, 5.74) is 2.65. The molecule has 0 atom stereocenters. The number of nitrogens with zero attached hydrogens (tertiary/aromatic N) is 5. The molecule has 4 aromatic rings. The fraction of sp³-hybridized carbons (Fsp3) is 0.441. The van der Waals surface area contributed by atoms with Crippen molar-refractivity contribution < 1.29 is 28.2 Å². The number of fused-ring (bicyclic) bond motifs is 5. The van der Waals surface area contributed by atoms with E-state index < -0.39 is 0 Å². The summed E-state index contributed by atoms with van der Waals surface area (Å²) in [7, 11) is 1.69. The third-order valence-electron chi connectivity index (χ3n) is 8.18. The van der Waals surface area contributed by atoms with Crippen LogP contribution in [0.1, 0.15) is 47.0 Å². The minimum atomic E-state index is -0.128. The van der Waals surface area contributed by atoms with Crippen LogP contribution < -0.4 is 18.9 Å². The zero-order valence-corrected chi connectivity index (χ0v) is 26.3. The van der Waals surface area contributed by atoms with Crippen molar-refractivity contribution in [2.24, 2.45) is 0 Å². The molecule has 4 heterocycles. The molecule has 0 aliphatic carbocycles. The van der Waals surface area contributed by atoms with Crippen LogP contribution in [0.15, 0.2) is 53.2 Å². The minimum Gasteiger partial charge on any atom is -0.496 e. The van der Waals surface area contributed by atoms with Crippen LogP contribution in [0.25, 0.3) is 11.4 Å². The molecule has 11 heteroatoms. The summed E-state index contributed by atoms with van der Waals surface area (Å²) in [5, 5.41) is 0. The number of aryl methyl sites for hydroxylation is 2. The Morgan fingerprint density at radius 2 is 1.71 bits per heavy atom. The second-order valence-corrected chi connectivity index (χ2v) is 11.4. The lowest BCUT2D eigenvalue weighted by Crippen LogP contribution is -2.34. The Bertz CT molecular complexity index is 1610. The van der Waals surface area contributed by atoms with E-state index in [2.05, 4.69) is 25.5 Å². The lowest BCUT2D eigenvalue weighted by molar-refractivity contribution is 0.0707. The first-order valence-electron chi connectivity index (χ1n) is 15.6. The third kappa shape index (κ3) is 7.25. The summed E-state index contributed by atoms with van der Waals surface area (Å²) in [4.78, 5) is 26.8. The number of ether oxygens (including phenoxy) is 4. The van der Waals surface area contributed by atoms with Crippen LogP contribution in [-0.2, 0) is 13.1 Å². The van der Waals surface area contributed by atoms with E-state index in [0.717, 1.165) is 66.7 Å². The smallest absolute Gasteiger partial charge is 0.291 e. The number of oxazole rings is 1. The number of carbonyl (C=O) groups excluding carboxylic acids is 1. The normalized spacial score (nSPS) is 16.4. The summed E-state index contributed by atoms with van der Waals surface area (Å²) >= 11 is 0. The van der Waals surface area contributed by atoms with Gasteiger partial charge in [0.2, 0.25) is 5.76 Å². The van der Waals surface area contributed by atoms with Gasteiger partial charge >= 0.3 is 0 Å². The predicted octanol–water partition coefficient (Wildman–Crippen LogP) is 5.14. The Kier molecular flexibility index (Phi) is 9.54. The van der Waals surface area contributed by atoms with Crippen LogP contribution in [-0.4, -0.2) is 83.4 Å². The van der Waals surface area contributed by atoms with Gasteiger partial charge in [-0.15, -0.1) is 0 Å². The molecule has 6 rings (SSSR count). The maximum Gasteiger partial charge on any atom is 0.291 e. The summed E-state index contributed by atoms with van der Waals surface area (Å²) in [6, 6.07) is 12.0. The van der Waals surface area contributed by atoms with Crippen LogP contribution in [0.4, 0.5) is 0 Å². The molecule has 45 heavy (non-hydrogen) atoms. The van der Waals surface area contributed by atoms with E-state index in [0.29, 0.717) is 69.0 Å². The van der Waals surface area contributed by atoms with Crippen molar-refractivity contribution in [3.8, 4) is 34.4 Å². The molecule has 0 saturated heterocycles. The summed E-state index contributed by atoms with van der Waals surface area (Å²) in [5.74, 6) is 4.59. The molecule has 2 aromatic carbocycles. The van der Waals surface area contributed by atoms with E-state index in [4.69, 9.17) is 23.4 Å². The van der Waals surface area contributed by atoms with Gasteiger partial charge < -0.3 is 32.8 Å². The minimum absolute atomic E-state index is 0.128. The lowest BCUT2D eigenvalue weighted by atomic mass is 10.1. The van der Waals surface area contributed by atoms with Gasteiger partial charge in [-0.2, -0.15) is 0 Å². The van der Waals surface area contributed by atoms with Gasteiger partial charge in [0.05, 0.1) is 19.4 Å². The maximum absolute atomic E-state index is 13.5. The number of imidazole rings is 1. The molecule has 0 saturated carbocycles. The zero-order chi connectivity index (χ0) is 31.2. The summed E-state index contributed by atoms with van der Waals surface area (Å²) in [6.45, 7) is 9.34. The van der Waals surface area contributed by atoms with Gasteiger partial charge in [0, 0.05) is 69.2 Å². The van der Waals surface area contributed by atoms with Crippen molar-refractivity contribution in [3.05, 3.63) is 71.7 Å². The van der Waals surface area contributed by atoms with Gasteiger partial charge in [0.1, 0.15) is 30.5 Å². The van der Waals surface area contributed by atoms with Gasteiger partial charge in [0.25, 0.3) is 5.91 Å². The highest BCUT2D eigenvalue weighted by molar-refractivity contribution is 5.92. The van der Waals surface area contributed by atoms with Gasteiger partial charge in [-0.05, 0) is 50.9 Å². The molecule has 1 amide bonds. The molecule has 0 N–H and O–H groups in total. The van der Waals surface area contributed by atoms with Crippen molar-refractivity contribution in [1.29, 1.82) is 0 Å². The average Bonchev–Trinajstić information content (AvgIpc) is 3.66. The number of amides is 1. The standard InChI is InChI=1S/C34H41N5O6/c1-24-32(45-25(2)36-24)34(40)39-12-5-4-11-37(23-27-21-30-31(22-29(27)41-3)44-19-18-43-30)15-16-38-14-10-35-33(38)26-8-6-9-28(20-26)42-17-7-13-39/h6,8-10,14,20-22H,4-5,7,11-13,15-19,23H2,1-3H3. The molecule has 0 fully saturated rings. The van der Waals surface area contributed by atoms with Crippen molar-refractivity contribution in [1.82, 2.24) is 24.3 Å². The summed E-state index contributed by atoms with van der Waals surface area (Å²) < 4.78 is 31.5. The van der Waals surface area contributed by atoms with E-state index in [9.17, 15) is 4.79 Å². The van der Waals surface area contributed by atoms with E-state index in [1.165, 1.54) is 0 Å². The summed E-state index contributed by atoms with van der Waals surface area (Å²) in [6.07, 6.45) is 6.30. The van der Waals surface area contributed by atoms with Crippen LogP contribution >= 0.6 is 0 Å². The van der Waals surface area contributed by atoms with Crippen LogP contribution in [0.2, 0.25) is 0 Å². The van der Waals surface area contributed by atoms with E-state index in [1.54, 1.807) is 14.0 Å². The molecule has 0 unspecified atom stereocenters. The predicted molar refractivity (Wildman–Crippen MR) is 168 cm³/mol. The molecule has 2 aromatic heterocycles. The van der Waals surface area contributed by atoms with E-state index >= 15 is 0 Å². The molecule has 11 nitrogen and oxygen atoms in total. The lowest BCUT2D eigenvalue weighted by Gasteiger charge is -2.26. The molecule has 2 aliphatic rings. The van der Waals surface area contributed by atoms with Crippen LogP contribution in [0, 0.1) is 13.8 Å². The number of aromatic nitrogens is 3. The Hall–Kier alpha value is -4.51. The fourth-order valence-corrected chi connectivity index (χ4v) is 5.93. The molecule has 0 radical (unpaired) electrons. The zero-order valence-electron chi connectivity index (χ0n) is 26.3. The van der Waals surface area contributed by atoms with Crippen molar-refractivity contribution in [3.63, 3.8) is 0 Å². The molecule has 2 aliphatic heterocycles. The number of rotatable bonds is 4. The van der Waals surface area contributed by atoms with Crippen molar-refractivity contribution in [2.75, 3.05) is 53.1 Å².